The van der Waals surface area contributed by atoms with Crippen molar-refractivity contribution >= 4 is 43.9 Å². The average Bonchev–Trinajstić information content (AvgIpc) is 3.44. The van der Waals surface area contributed by atoms with Crippen molar-refractivity contribution in [3.63, 3.8) is 0 Å². The van der Waals surface area contributed by atoms with Gasteiger partial charge in [-0.2, -0.15) is 4.31 Å². The van der Waals surface area contributed by atoms with Gasteiger partial charge in [0.05, 0.1) is 25.9 Å². The summed E-state index contributed by atoms with van der Waals surface area (Å²) in [5, 5.41) is 6.39. The Hall–Kier alpha value is -4.10. The quantitative estimate of drug-likeness (QED) is 0.258. The Kier molecular flexibility index (Phi) is 9.27. The molecule has 1 aliphatic heterocycles. The summed E-state index contributed by atoms with van der Waals surface area (Å²) in [5.41, 5.74) is 4.46. The number of fused-ring (bicyclic) bond motifs is 1. The van der Waals surface area contributed by atoms with E-state index in [2.05, 4.69) is 15.6 Å². The predicted molar refractivity (Wildman–Crippen MR) is 173 cm³/mol. The molecule has 0 atom stereocenters. The van der Waals surface area contributed by atoms with E-state index in [0.717, 1.165) is 53.7 Å². The van der Waals surface area contributed by atoms with Crippen LogP contribution in [0.2, 0.25) is 0 Å². The minimum atomic E-state index is -3.93. The lowest BCUT2D eigenvalue weighted by Gasteiger charge is -2.26. The van der Waals surface area contributed by atoms with Gasteiger partial charge in [0.25, 0.3) is 11.8 Å². The number of benzene rings is 2. The van der Waals surface area contributed by atoms with Gasteiger partial charge in [-0.05, 0) is 91.3 Å². The number of carbonyl (C=O) groups is 2. The van der Waals surface area contributed by atoms with Gasteiger partial charge < -0.3 is 20.1 Å². The minimum absolute atomic E-state index is 0.0876. The number of amides is 2. The molecule has 2 N–H and O–H groups in total. The van der Waals surface area contributed by atoms with E-state index in [4.69, 9.17) is 9.47 Å². The Morgan fingerprint density at radius 2 is 1.64 bits per heavy atom. The number of thiophene rings is 1. The van der Waals surface area contributed by atoms with Crippen LogP contribution in [-0.2, 0) is 34.0 Å². The maximum atomic E-state index is 13.7. The van der Waals surface area contributed by atoms with Crippen LogP contribution in [-0.4, -0.2) is 62.9 Å². The van der Waals surface area contributed by atoms with E-state index in [0.29, 0.717) is 29.5 Å². The Morgan fingerprint density at radius 3 is 2.38 bits per heavy atom. The van der Waals surface area contributed by atoms with E-state index >= 15 is 0 Å². The molecule has 0 unspecified atom stereocenters. The van der Waals surface area contributed by atoms with Gasteiger partial charge in [0.1, 0.15) is 15.6 Å². The molecule has 6 rings (SSSR count). The van der Waals surface area contributed by atoms with Gasteiger partial charge in [-0.25, -0.2) is 8.42 Å². The molecule has 1 aliphatic carbocycles. The van der Waals surface area contributed by atoms with Crippen LogP contribution < -0.4 is 15.4 Å². The van der Waals surface area contributed by atoms with E-state index in [-0.39, 0.29) is 35.2 Å². The number of aromatic nitrogens is 1. The molecule has 2 amide bonds. The Balaban J connectivity index is 1.24. The van der Waals surface area contributed by atoms with Crippen LogP contribution in [0, 0.1) is 0 Å². The first-order chi connectivity index (χ1) is 21.8. The summed E-state index contributed by atoms with van der Waals surface area (Å²) in [4.78, 5) is 32.4. The number of pyridine rings is 1. The molecule has 1 fully saturated rings. The molecule has 4 aromatic rings. The molecule has 2 aliphatic rings. The van der Waals surface area contributed by atoms with E-state index in [1.165, 1.54) is 41.0 Å². The third-order valence-corrected chi connectivity index (χ3v) is 11.1. The third kappa shape index (κ3) is 6.79. The largest absolute Gasteiger partial charge is 0.495 e. The molecular formula is C33H34N4O6S2. The van der Waals surface area contributed by atoms with Crippen molar-refractivity contribution in [2.75, 3.05) is 44.0 Å². The van der Waals surface area contributed by atoms with E-state index in [1.54, 1.807) is 12.4 Å². The van der Waals surface area contributed by atoms with Gasteiger partial charge in [-0.3, -0.25) is 14.6 Å². The lowest BCUT2D eigenvalue weighted by atomic mass is 9.95. The highest BCUT2D eigenvalue weighted by Gasteiger charge is 2.31. The number of sulfonamides is 1. The number of morpholine rings is 1. The number of hydrogen-bond donors (Lipinski definition) is 2. The number of carbonyl (C=O) groups excluding carboxylic acids is 2. The van der Waals surface area contributed by atoms with Crippen LogP contribution in [0.25, 0.3) is 0 Å². The highest BCUT2D eigenvalue weighted by molar-refractivity contribution is 7.89. The summed E-state index contributed by atoms with van der Waals surface area (Å²) in [7, 11) is -2.54. The van der Waals surface area contributed by atoms with Crippen LogP contribution in [0.1, 0.15) is 55.1 Å². The van der Waals surface area contributed by atoms with Gasteiger partial charge in [-0.1, -0.05) is 12.1 Å². The lowest BCUT2D eigenvalue weighted by molar-refractivity contribution is 0.0729. The maximum Gasteiger partial charge on any atom is 0.258 e. The molecule has 45 heavy (non-hydrogen) atoms. The number of aryl methyl sites for hydroxylation is 1. The second kappa shape index (κ2) is 13.5. The topological polar surface area (TPSA) is 127 Å². The second-order valence-electron chi connectivity index (χ2n) is 10.9. The van der Waals surface area contributed by atoms with E-state index < -0.39 is 15.9 Å². The molecule has 0 saturated carbocycles. The van der Waals surface area contributed by atoms with Crippen LogP contribution in [0.3, 0.4) is 0 Å². The minimum Gasteiger partial charge on any atom is -0.495 e. The van der Waals surface area contributed by atoms with Crippen LogP contribution in [0.5, 0.6) is 5.75 Å². The zero-order chi connectivity index (χ0) is 31.4. The van der Waals surface area contributed by atoms with Crippen molar-refractivity contribution < 1.29 is 27.5 Å². The number of rotatable bonds is 9. The first kappa shape index (κ1) is 30.9. The summed E-state index contributed by atoms with van der Waals surface area (Å²) < 4.78 is 38.9. The Bertz CT molecular complexity index is 1800. The van der Waals surface area contributed by atoms with Crippen molar-refractivity contribution in [1.29, 1.82) is 0 Å². The normalized spacial score (nSPS) is 15.2. The van der Waals surface area contributed by atoms with Crippen molar-refractivity contribution in [2.24, 2.45) is 0 Å². The van der Waals surface area contributed by atoms with Crippen molar-refractivity contribution in [1.82, 2.24) is 9.29 Å². The third-order valence-electron chi connectivity index (χ3n) is 8.01. The molecule has 0 spiro atoms. The second-order valence-corrected chi connectivity index (χ2v) is 13.9. The molecule has 3 heterocycles. The molecular weight excluding hydrogens is 613 g/mol. The van der Waals surface area contributed by atoms with E-state index in [9.17, 15) is 18.0 Å². The molecule has 1 saturated heterocycles. The van der Waals surface area contributed by atoms with Crippen LogP contribution in [0.15, 0.2) is 71.9 Å². The van der Waals surface area contributed by atoms with Crippen molar-refractivity contribution in [3.8, 4) is 5.75 Å². The highest BCUT2D eigenvalue weighted by Crippen LogP contribution is 2.39. The Labute approximate surface area is 266 Å². The monoisotopic (exact) mass is 646 g/mol. The number of nitrogens with one attached hydrogen (secondary N) is 2. The first-order valence-electron chi connectivity index (χ1n) is 14.8. The van der Waals surface area contributed by atoms with Gasteiger partial charge in [-0.15, -0.1) is 11.3 Å². The number of nitrogens with zero attached hydrogens (tertiary/aromatic N) is 2. The number of ether oxygens (including phenoxy) is 2. The maximum absolute atomic E-state index is 13.7. The standard InChI is InChI=1S/C33H34N4O6S2/c1-42-27-11-8-24(21-29(27)45(40,41)37-16-18-43-19-17-37)31(38)36-33-30(26-4-2-3-5-28(26)44-33)32(39)35-25-9-6-22(7-10-25)20-23-12-14-34-15-13-23/h6-15,21H,2-5,16-20H2,1H3,(H,35,39)(H,36,38). The van der Waals surface area contributed by atoms with Crippen molar-refractivity contribution in [2.45, 2.75) is 37.0 Å². The summed E-state index contributed by atoms with van der Waals surface area (Å²) in [6.45, 7) is 1.03. The molecule has 12 heteroatoms. The summed E-state index contributed by atoms with van der Waals surface area (Å²) in [5.74, 6) is -0.655. The fourth-order valence-electron chi connectivity index (χ4n) is 5.65. The highest BCUT2D eigenvalue weighted by atomic mass is 32.2. The SMILES string of the molecule is COc1ccc(C(=O)Nc2sc3c(c2C(=O)Nc2ccc(Cc4ccncc4)cc2)CCCC3)cc1S(=O)(=O)N1CCOCC1. The fourth-order valence-corrected chi connectivity index (χ4v) is 8.52. The molecule has 2 aromatic carbocycles. The smallest absolute Gasteiger partial charge is 0.258 e. The van der Waals surface area contributed by atoms with Gasteiger partial charge in [0.2, 0.25) is 10.0 Å². The van der Waals surface area contributed by atoms with E-state index in [1.807, 2.05) is 36.4 Å². The summed E-state index contributed by atoms with van der Waals surface area (Å²) in [6, 6.07) is 16.0. The zero-order valence-electron chi connectivity index (χ0n) is 24.9. The van der Waals surface area contributed by atoms with Crippen molar-refractivity contribution in [3.05, 3.63) is 99.7 Å². The van der Waals surface area contributed by atoms with Crippen LogP contribution in [0.4, 0.5) is 10.7 Å². The molecule has 0 bridgehead atoms. The Morgan fingerprint density at radius 1 is 0.933 bits per heavy atom. The molecule has 2 aromatic heterocycles. The zero-order valence-corrected chi connectivity index (χ0v) is 26.5. The lowest BCUT2D eigenvalue weighted by Crippen LogP contribution is -2.40. The predicted octanol–water partition coefficient (Wildman–Crippen LogP) is 5.15. The summed E-state index contributed by atoms with van der Waals surface area (Å²) in [6.07, 6.45) is 7.85. The van der Waals surface area contributed by atoms with Gasteiger partial charge in [0, 0.05) is 41.6 Å². The van der Waals surface area contributed by atoms with Gasteiger partial charge >= 0.3 is 0 Å². The number of hydrogen-bond acceptors (Lipinski definition) is 8. The number of anilines is 2. The first-order valence-corrected chi connectivity index (χ1v) is 17.1. The number of methoxy groups -OCH3 is 1. The average molecular weight is 647 g/mol. The molecule has 10 nitrogen and oxygen atoms in total. The molecule has 234 valence electrons. The fraction of sp³-hybridized carbons (Fsp3) is 0.303. The van der Waals surface area contributed by atoms with Gasteiger partial charge in [0.15, 0.2) is 0 Å². The molecule has 0 radical (unpaired) electrons. The summed E-state index contributed by atoms with van der Waals surface area (Å²) >= 11 is 1.40. The van der Waals surface area contributed by atoms with Crippen LogP contribution >= 0.6 is 11.3 Å².